The van der Waals surface area contributed by atoms with Crippen molar-refractivity contribution in [3.05, 3.63) is 93.6 Å². The first-order valence-corrected chi connectivity index (χ1v) is 14.3. The van der Waals surface area contributed by atoms with Gasteiger partial charge in [0, 0.05) is 34.1 Å². The molecule has 2 heterocycles. The Morgan fingerprint density at radius 1 is 0.897 bits per heavy atom. The summed E-state index contributed by atoms with van der Waals surface area (Å²) in [5.74, 6) is 0.451. The molecule has 6 nitrogen and oxygen atoms in total. The third-order valence-corrected chi connectivity index (χ3v) is 7.68. The molecule has 0 atom stereocenters. The van der Waals surface area contributed by atoms with Crippen molar-refractivity contribution < 1.29 is 9.59 Å². The van der Waals surface area contributed by atoms with Crippen molar-refractivity contribution >= 4 is 40.8 Å². The molecule has 8 heteroatoms. The van der Waals surface area contributed by atoms with Crippen LogP contribution in [0.5, 0.6) is 0 Å². The van der Waals surface area contributed by atoms with Crippen molar-refractivity contribution in [2.75, 3.05) is 31.5 Å². The molecule has 0 bridgehead atoms. The van der Waals surface area contributed by atoms with E-state index in [1.807, 2.05) is 74.5 Å². The van der Waals surface area contributed by atoms with E-state index in [9.17, 15) is 9.59 Å². The number of carbonyl (C=O) groups excluding carboxylic acids is 2. The van der Waals surface area contributed by atoms with Gasteiger partial charge in [-0.15, -0.1) is 0 Å². The van der Waals surface area contributed by atoms with Gasteiger partial charge in [0.2, 0.25) is 11.8 Å². The number of halogens is 2. The van der Waals surface area contributed by atoms with Crippen molar-refractivity contribution in [3.8, 4) is 0 Å². The molecule has 2 aromatic carbocycles. The maximum Gasteiger partial charge on any atom is 0.232 e. The van der Waals surface area contributed by atoms with Crippen molar-refractivity contribution in [1.82, 2.24) is 15.2 Å². The predicted octanol–water partition coefficient (Wildman–Crippen LogP) is 6.50. The summed E-state index contributed by atoms with van der Waals surface area (Å²) in [4.78, 5) is 32.4. The maximum atomic E-state index is 13.3. The SMILES string of the molecule is CC(C)C(=O)Nc1cccc(C2CCN(CCCNC(=O)C(c3ccc(Cl)cc3)c3ccc(Cl)cc3)CC2)n1. The van der Waals surface area contributed by atoms with Crippen LogP contribution in [0.15, 0.2) is 66.7 Å². The quantitative estimate of drug-likeness (QED) is 0.274. The minimum atomic E-state index is -0.427. The standard InChI is InChI=1S/C31H36Cl2N4O2/c1-21(2)30(38)36-28-6-3-5-27(35-28)22-15-19-37(20-16-22)18-4-17-34-31(39)29(23-7-11-25(32)12-8-23)24-9-13-26(33)14-10-24/h3,5-14,21-22,29H,4,15-20H2,1-2H3,(H,34,39)(H,35,36,38). The fraction of sp³-hybridized carbons (Fsp3) is 0.387. The van der Waals surface area contributed by atoms with Crippen LogP contribution in [0.1, 0.15) is 61.8 Å². The van der Waals surface area contributed by atoms with Gasteiger partial charge >= 0.3 is 0 Å². The largest absolute Gasteiger partial charge is 0.355 e. The number of carbonyl (C=O) groups is 2. The van der Waals surface area contributed by atoms with Gasteiger partial charge in [-0.05, 0) is 86.4 Å². The van der Waals surface area contributed by atoms with Gasteiger partial charge in [-0.3, -0.25) is 9.59 Å². The molecule has 0 spiro atoms. The molecular weight excluding hydrogens is 531 g/mol. The zero-order valence-electron chi connectivity index (χ0n) is 22.5. The number of hydrogen-bond donors (Lipinski definition) is 2. The van der Waals surface area contributed by atoms with Gasteiger partial charge in [-0.25, -0.2) is 4.98 Å². The molecule has 39 heavy (non-hydrogen) atoms. The van der Waals surface area contributed by atoms with E-state index in [1.54, 1.807) is 0 Å². The summed E-state index contributed by atoms with van der Waals surface area (Å²) >= 11 is 12.2. The lowest BCUT2D eigenvalue weighted by Gasteiger charge is -2.31. The molecule has 0 aliphatic carbocycles. The Morgan fingerprint density at radius 2 is 1.49 bits per heavy atom. The Bertz CT molecular complexity index is 1190. The topological polar surface area (TPSA) is 74.3 Å². The lowest BCUT2D eigenvalue weighted by atomic mass is 9.90. The first-order chi connectivity index (χ1) is 18.8. The number of anilines is 1. The molecule has 0 radical (unpaired) electrons. The first kappa shape index (κ1) is 29.1. The summed E-state index contributed by atoms with van der Waals surface area (Å²) in [5, 5.41) is 7.31. The molecule has 0 saturated carbocycles. The average Bonchev–Trinajstić information content (AvgIpc) is 2.94. The molecule has 206 valence electrons. The van der Waals surface area contributed by atoms with Crippen LogP contribution in [0.25, 0.3) is 0 Å². The minimum Gasteiger partial charge on any atom is -0.355 e. The van der Waals surface area contributed by atoms with Crippen molar-refractivity contribution in [1.29, 1.82) is 0 Å². The molecule has 1 aliphatic heterocycles. The molecular formula is C31H36Cl2N4O2. The number of amides is 2. The highest BCUT2D eigenvalue weighted by Gasteiger charge is 2.24. The monoisotopic (exact) mass is 566 g/mol. The van der Waals surface area contributed by atoms with Crippen LogP contribution < -0.4 is 10.6 Å². The van der Waals surface area contributed by atoms with Gasteiger partial charge in [0.1, 0.15) is 5.82 Å². The second-order valence-electron chi connectivity index (χ2n) is 10.4. The zero-order valence-corrected chi connectivity index (χ0v) is 24.0. The van der Waals surface area contributed by atoms with Crippen molar-refractivity contribution in [3.63, 3.8) is 0 Å². The van der Waals surface area contributed by atoms with Crippen molar-refractivity contribution in [2.45, 2.75) is 44.9 Å². The van der Waals surface area contributed by atoms with Crippen LogP contribution in [0.3, 0.4) is 0 Å². The Kier molecular flexibility index (Phi) is 10.4. The van der Waals surface area contributed by atoms with Gasteiger partial charge in [-0.2, -0.15) is 0 Å². The lowest BCUT2D eigenvalue weighted by molar-refractivity contribution is -0.121. The van der Waals surface area contributed by atoms with E-state index in [-0.39, 0.29) is 17.7 Å². The molecule has 1 aliphatic rings. The molecule has 1 saturated heterocycles. The van der Waals surface area contributed by atoms with Gasteiger partial charge < -0.3 is 15.5 Å². The number of pyridine rings is 1. The number of aromatic nitrogens is 1. The van der Waals surface area contributed by atoms with Gasteiger partial charge in [0.05, 0.1) is 5.92 Å². The minimum absolute atomic E-state index is 0.0192. The van der Waals surface area contributed by atoms with Crippen LogP contribution in [-0.2, 0) is 9.59 Å². The molecule has 4 rings (SSSR count). The van der Waals surface area contributed by atoms with Gasteiger partial charge in [-0.1, -0.05) is 67.4 Å². The summed E-state index contributed by atoms with van der Waals surface area (Å²) < 4.78 is 0. The summed E-state index contributed by atoms with van der Waals surface area (Å²) in [6, 6.07) is 20.7. The fourth-order valence-electron chi connectivity index (χ4n) is 4.89. The molecule has 1 aromatic heterocycles. The zero-order chi connectivity index (χ0) is 27.8. The molecule has 1 fully saturated rings. The van der Waals surface area contributed by atoms with E-state index >= 15 is 0 Å². The number of likely N-dealkylation sites (tertiary alicyclic amines) is 1. The first-order valence-electron chi connectivity index (χ1n) is 13.6. The molecule has 0 unspecified atom stereocenters. The van der Waals surface area contributed by atoms with E-state index in [0.717, 1.165) is 55.7 Å². The smallest absolute Gasteiger partial charge is 0.232 e. The highest BCUT2D eigenvalue weighted by molar-refractivity contribution is 6.30. The second kappa shape index (κ2) is 13.9. The molecule has 2 N–H and O–H groups in total. The summed E-state index contributed by atoms with van der Waals surface area (Å²) in [5.41, 5.74) is 2.82. The van der Waals surface area contributed by atoms with Gasteiger partial charge in [0.15, 0.2) is 0 Å². The summed E-state index contributed by atoms with van der Waals surface area (Å²) in [7, 11) is 0. The Balaban J connectivity index is 1.25. The number of rotatable bonds is 10. The second-order valence-corrected chi connectivity index (χ2v) is 11.3. The van der Waals surface area contributed by atoms with E-state index < -0.39 is 5.92 Å². The Labute approximate surface area is 241 Å². The van der Waals surface area contributed by atoms with E-state index in [2.05, 4.69) is 21.6 Å². The van der Waals surface area contributed by atoms with Crippen LogP contribution in [0, 0.1) is 5.92 Å². The van der Waals surface area contributed by atoms with E-state index in [1.165, 1.54) is 0 Å². The van der Waals surface area contributed by atoms with E-state index in [4.69, 9.17) is 28.2 Å². The Morgan fingerprint density at radius 3 is 2.05 bits per heavy atom. The summed E-state index contributed by atoms with van der Waals surface area (Å²) in [6.45, 7) is 7.26. The van der Waals surface area contributed by atoms with E-state index in [0.29, 0.717) is 28.3 Å². The third-order valence-electron chi connectivity index (χ3n) is 7.17. The number of nitrogens with zero attached hydrogens (tertiary/aromatic N) is 2. The van der Waals surface area contributed by atoms with Gasteiger partial charge in [0.25, 0.3) is 0 Å². The highest BCUT2D eigenvalue weighted by atomic mass is 35.5. The number of nitrogens with one attached hydrogen (secondary N) is 2. The molecule has 3 aromatic rings. The number of hydrogen-bond acceptors (Lipinski definition) is 4. The predicted molar refractivity (Wildman–Crippen MR) is 158 cm³/mol. The number of piperidine rings is 1. The third kappa shape index (κ3) is 8.28. The average molecular weight is 568 g/mol. The van der Waals surface area contributed by atoms with Crippen LogP contribution in [0.2, 0.25) is 10.0 Å². The van der Waals surface area contributed by atoms with Crippen LogP contribution in [0.4, 0.5) is 5.82 Å². The molecule has 2 amide bonds. The highest BCUT2D eigenvalue weighted by Crippen LogP contribution is 2.29. The van der Waals surface area contributed by atoms with Crippen LogP contribution in [-0.4, -0.2) is 47.9 Å². The normalized spacial score (nSPS) is 14.5. The lowest BCUT2D eigenvalue weighted by Crippen LogP contribution is -2.36. The van der Waals surface area contributed by atoms with Crippen molar-refractivity contribution in [2.24, 2.45) is 5.92 Å². The van der Waals surface area contributed by atoms with Crippen LogP contribution >= 0.6 is 23.2 Å². The maximum absolute atomic E-state index is 13.3. The Hall–Kier alpha value is -2.93. The fourth-order valence-corrected chi connectivity index (χ4v) is 5.15. The summed E-state index contributed by atoms with van der Waals surface area (Å²) in [6.07, 6.45) is 2.92. The number of benzene rings is 2.